The first-order valence-corrected chi connectivity index (χ1v) is 8.39. The van der Waals surface area contributed by atoms with Gasteiger partial charge < -0.3 is 9.47 Å². The quantitative estimate of drug-likeness (QED) is 0.861. The highest BCUT2D eigenvalue weighted by Crippen LogP contribution is 2.28. The summed E-state index contributed by atoms with van der Waals surface area (Å²) in [6.45, 7) is -0.284. The van der Waals surface area contributed by atoms with Gasteiger partial charge in [-0.25, -0.2) is 17.5 Å². The highest BCUT2D eigenvalue weighted by atomic mass is 35.5. The minimum absolute atomic E-state index is 0.0691. The minimum Gasteiger partial charge on any atom is -0.497 e. The first-order valence-electron chi connectivity index (χ1n) is 6.53. The average Bonchev–Trinajstić information content (AvgIpc) is 2.53. The van der Waals surface area contributed by atoms with Crippen molar-refractivity contribution in [2.45, 2.75) is 11.4 Å². The van der Waals surface area contributed by atoms with Gasteiger partial charge in [0.25, 0.3) is 0 Å². The number of hydrogen-bond donors (Lipinski definition) is 1. The maximum absolute atomic E-state index is 13.7. The second-order valence-electron chi connectivity index (χ2n) is 4.54. The predicted octanol–water partition coefficient (Wildman–Crippen LogP) is 2.97. The second kappa shape index (κ2) is 7.16. The lowest BCUT2D eigenvalue weighted by Gasteiger charge is -2.13. The van der Waals surface area contributed by atoms with E-state index in [-0.39, 0.29) is 27.8 Å². The van der Waals surface area contributed by atoms with E-state index in [1.807, 2.05) is 0 Å². The van der Waals surface area contributed by atoms with Gasteiger partial charge in [0.15, 0.2) is 0 Å². The molecule has 2 rings (SSSR count). The molecule has 0 fully saturated rings. The molecule has 0 aliphatic rings. The zero-order valence-corrected chi connectivity index (χ0v) is 14.0. The summed E-state index contributed by atoms with van der Waals surface area (Å²) in [6.07, 6.45) is 0. The van der Waals surface area contributed by atoms with E-state index in [1.54, 1.807) is 6.07 Å². The van der Waals surface area contributed by atoms with E-state index in [4.69, 9.17) is 21.1 Å². The third kappa shape index (κ3) is 3.93. The summed E-state index contributed by atoms with van der Waals surface area (Å²) in [5.41, 5.74) is 0.0691. The van der Waals surface area contributed by atoms with Crippen LogP contribution < -0.4 is 14.2 Å². The van der Waals surface area contributed by atoms with Crippen molar-refractivity contribution in [3.05, 3.63) is 52.8 Å². The monoisotopic (exact) mass is 359 g/mol. The summed E-state index contributed by atoms with van der Waals surface area (Å²) < 4.78 is 51.0. The number of sulfonamides is 1. The Morgan fingerprint density at radius 3 is 2.52 bits per heavy atom. The number of hydrogen-bond acceptors (Lipinski definition) is 4. The van der Waals surface area contributed by atoms with Gasteiger partial charge in [-0.2, -0.15) is 0 Å². The molecule has 124 valence electrons. The van der Waals surface area contributed by atoms with Crippen LogP contribution in [0.5, 0.6) is 11.5 Å². The number of nitrogens with one attached hydrogen (secondary N) is 1. The van der Waals surface area contributed by atoms with E-state index in [0.29, 0.717) is 5.75 Å². The third-order valence-corrected chi connectivity index (χ3v) is 4.94. The molecule has 0 radical (unpaired) electrons. The molecule has 5 nitrogen and oxygen atoms in total. The number of benzene rings is 2. The van der Waals surface area contributed by atoms with E-state index >= 15 is 0 Å². The van der Waals surface area contributed by atoms with Gasteiger partial charge in [-0.3, -0.25) is 0 Å². The summed E-state index contributed by atoms with van der Waals surface area (Å²) in [5, 5.41) is 0.144. The van der Waals surface area contributed by atoms with E-state index in [9.17, 15) is 12.8 Å². The summed E-state index contributed by atoms with van der Waals surface area (Å²) in [7, 11) is -1.17. The van der Waals surface area contributed by atoms with Gasteiger partial charge in [-0.05, 0) is 24.3 Å². The van der Waals surface area contributed by atoms with Crippen LogP contribution >= 0.6 is 11.6 Å². The van der Waals surface area contributed by atoms with Gasteiger partial charge in [-0.15, -0.1) is 0 Å². The van der Waals surface area contributed by atoms with Crippen LogP contribution in [0.25, 0.3) is 0 Å². The van der Waals surface area contributed by atoms with Crippen molar-refractivity contribution in [2.24, 2.45) is 0 Å². The fraction of sp³-hybridized carbons (Fsp3) is 0.200. The SMILES string of the molecule is COc1ccc(OC)c(S(=O)(=O)NCc2c(F)cccc2Cl)c1. The molecule has 0 heterocycles. The fourth-order valence-electron chi connectivity index (χ4n) is 1.94. The molecule has 0 saturated carbocycles. The van der Waals surface area contributed by atoms with Crippen molar-refractivity contribution < 1.29 is 22.3 Å². The molecule has 0 atom stereocenters. The minimum atomic E-state index is -3.95. The maximum atomic E-state index is 13.7. The topological polar surface area (TPSA) is 64.6 Å². The Hall–Kier alpha value is -1.83. The van der Waals surface area contributed by atoms with E-state index in [2.05, 4.69) is 4.72 Å². The molecule has 2 aromatic rings. The van der Waals surface area contributed by atoms with Crippen molar-refractivity contribution in [1.82, 2.24) is 4.72 Å². The van der Waals surface area contributed by atoms with Crippen LogP contribution in [0, 0.1) is 5.82 Å². The lowest BCUT2D eigenvalue weighted by Crippen LogP contribution is -2.24. The zero-order valence-electron chi connectivity index (χ0n) is 12.5. The van der Waals surface area contributed by atoms with Crippen LogP contribution in [-0.4, -0.2) is 22.6 Å². The molecule has 0 aromatic heterocycles. The average molecular weight is 360 g/mol. The largest absolute Gasteiger partial charge is 0.497 e. The molecule has 2 aromatic carbocycles. The highest BCUT2D eigenvalue weighted by Gasteiger charge is 2.21. The van der Waals surface area contributed by atoms with Crippen LogP contribution in [0.2, 0.25) is 5.02 Å². The Labute approximate surface area is 139 Å². The second-order valence-corrected chi connectivity index (χ2v) is 6.68. The van der Waals surface area contributed by atoms with Gasteiger partial charge in [0.2, 0.25) is 10.0 Å². The lowest BCUT2D eigenvalue weighted by atomic mass is 10.2. The first kappa shape index (κ1) is 17.5. The molecule has 0 amide bonds. The number of halogens is 2. The molecule has 0 spiro atoms. The van der Waals surface area contributed by atoms with Crippen molar-refractivity contribution in [2.75, 3.05) is 14.2 Å². The standard InChI is InChI=1S/C15H15ClFNO4S/c1-21-10-6-7-14(22-2)15(8-10)23(19,20)18-9-11-12(16)4-3-5-13(11)17/h3-8,18H,9H2,1-2H3. The summed E-state index contributed by atoms with van der Waals surface area (Å²) >= 11 is 5.89. The van der Waals surface area contributed by atoms with E-state index < -0.39 is 15.8 Å². The Kier molecular flexibility index (Phi) is 5.46. The van der Waals surface area contributed by atoms with Gasteiger partial charge >= 0.3 is 0 Å². The lowest BCUT2D eigenvalue weighted by molar-refractivity contribution is 0.392. The van der Waals surface area contributed by atoms with Crippen LogP contribution in [0.1, 0.15) is 5.56 Å². The highest BCUT2D eigenvalue weighted by molar-refractivity contribution is 7.89. The van der Waals surface area contributed by atoms with Crippen LogP contribution in [0.15, 0.2) is 41.3 Å². The van der Waals surface area contributed by atoms with Crippen LogP contribution in [0.4, 0.5) is 4.39 Å². The number of rotatable bonds is 6. The Morgan fingerprint density at radius 2 is 1.91 bits per heavy atom. The molecule has 8 heteroatoms. The molecular formula is C15H15ClFNO4S. The van der Waals surface area contributed by atoms with Crippen molar-refractivity contribution >= 4 is 21.6 Å². The Morgan fingerprint density at radius 1 is 1.17 bits per heavy atom. The first-order chi connectivity index (χ1) is 10.9. The molecule has 0 aliphatic carbocycles. The van der Waals surface area contributed by atoms with Crippen molar-refractivity contribution in [1.29, 1.82) is 0 Å². The number of methoxy groups -OCH3 is 2. The van der Waals surface area contributed by atoms with E-state index in [0.717, 1.165) is 0 Å². The van der Waals surface area contributed by atoms with Crippen molar-refractivity contribution in [3.63, 3.8) is 0 Å². The summed E-state index contributed by atoms with van der Waals surface area (Å²) in [5.74, 6) is -0.0779. The van der Waals surface area contributed by atoms with Gasteiger partial charge in [0.1, 0.15) is 22.2 Å². The van der Waals surface area contributed by atoms with Gasteiger partial charge in [0.05, 0.1) is 14.2 Å². The fourth-order valence-corrected chi connectivity index (χ4v) is 3.35. The summed E-state index contributed by atoms with van der Waals surface area (Å²) in [4.78, 5) is -0.105. The Balaban J connectivity index is 2.32. The molecule has 1 N–H and O–H groups in total. The summed E-state index contributed by atoms with van der Waals surface area (Å²) in [6, 6.07) is 8.52. The molecule has 23 heavy (non-hydrogen) atoms. The molecule has 0 unspecified atom stereocenters. The van der Waals surface area contributed by atoms with E-state index in [1.165, 1.54) is 44.6 Å². The van der Waals surface area contributed by atoms with Gasteiger partial charge in [-0.1, -0.05) is 17.7 Å². The molecular weight excluding hydrogens is 345 g/mol. The Bertz CT molecular complexity index is 791. The number of ether oxygens (including phenoxy) is 2. The normalized spacial score (nSPS) is 11.3. The third-order valence-electron chi connectivity index (χ3n) is 3.16. The zero-order chi connectivity index (χ0) is 17.0. The molecule has 0 saturated heterocycles. The smallest absolute Gasteiger partial charge is 0.244 e. The van der Waals surface area contributed by atoms with Gasteiger partial charge in [0, 0.05) is 23.2 Å². The molecule has 0 bridgehead atoms. The van der Waals surface area contributed by atoms with Crippen LogP contribution in [-0.2, 0) is 16.6 Å². The van der Waals surface area contributed by atoms with Crippen molar-refractivity contribution in [3.8, 4) is 11.5 Å². The maximum Gasteiger partial charge on any atom is 0.244 e. The molecule has 0 aliphatic heterocycles. The van der Waals surface area contributed by atoms with Crippen LogP contribution in [0.3, 0.4) is 0 Å². The predicted molar refractivity (Wildman–Crippen MR) is 85.0 cm³/mol.